The van der Waals surface area contributed by atoms with Gasteiger partial charge in [-0.1, -0.05) is 0 Å². The van der Waals surface area contributed by atoms with Gasteiger partial charge in [-0.2, -0.15) is 0 Å². The molecule has 2 aliphatic heterocycles. The van der Waals surface area contributed by atoms with E-state index >= 15 is 0 Å². The van der Waals surface area contributed by atoms with Crippen LogP contribution in [0.4, 0.5) is 0 Å². The van der Waals surface area contributed by atoms with Crippen LogP contribution in [0, 0.1) is 5.41 Å². The van der Waals surface area contributed by atoms with Crippen LogP contribution in [-0.2, 0) is 9.53 Å². The summed E-state index contributed by atoms with van der Waals surface area (Å²) in [6.45, 7) is 10.5. The van der Waals surface area contributed by atoms with Crippen LogP contribution in [0.5, 0.6) is 0 Å². The molecule has 0 aromatic carbocycles. The van der Waals surface area contributed by atoms with Crippen LogP contribution in [0.2, 0.25) is 0 Å². The number of hydrogen-bond donors (Lipinski definition) is 2. The van der Waals surface area contributed by atoms with Crippen molar-refractivity contribution in [3.8, 4) is 0 Å². The minimum absolute atomic E-state index is 0. The predicted octanol–water partition coefficient (Wildman–Crippen LogP) is 1.06. The zero-order valence-electron chi connectivity index (χ0n) is 13.0. The molecule has 7 heteroatoms. The monoisotopic (exact) mass is 341 g/mol. The number of carbonyl (C=O) groups is 1. The Balaban J connectivity index is 0.00000200. The number of nitrogens with one attached hydrogen (secondary N) is 2. The average Bonchev–Trinajstić information content (AvgIpc) is 2.40. The van der Waals surface area contributed by atoms with Gasteiger partial charge in [-0.05, 0) is 33.2 Å². The highest BCUT2D eigenvalue weighted by Gasteiger charge is 2.35. The van der Waals surface area contributed by atoms with E-state index in [2.05, 4.69) is 29.4 Å². The summed E-state index contributed by atoms with van der Waals surface area (Å²) in [7, 11) is 0. The molecule has 2 unspecified atom stereocenters. The van der Waals surface area contributed by atoms with Gasteiger partial charge in [0.2, 0.25) is 5.91 Å². The Labute approximate surface area is 140 Å². The van der Waals surface area contributed by atoms with Crippen molar-refractivity contribution in [3.63, 3.8) is 0 Å². The standard InChI is InChI=1S/C14H27N3O2.2ClH/c1-12(10-17-6-8-19-9-7-17)16-13(18)14(2)4-3-5-15-11-14;;/h12,15H,3-11H2,1-2H3,(H,16,18);2*1H. The van der Waals surface area contributed by atoms with Crippen molar-refractivity contribution in [2.24, 2.45) is 5.41 Å². The fourth-order valence-electron chi connectivity index (χ4n) is 2.86. The van der Waals surface area contributed by atoms with E-state index in [1.54, 1.807) is 0 Å². The summed E-state index contributed by atoms with van der Waals surface area (Å²) >= 11 is 0. The molecule has 2 fully saturated rings. The van der Waals surface area contributed by atoms with Gasteiger partial charge in [0.25, 0.3) is 0 Å². The first-order chi connectivity index (χ1) is 9.10. The van der Waals surface area contributed by atoms with Gasteiger partial charge in [-0.3, -0.25) is 9.69 Å². The van der Waals surface area contributed by atoms with E-state index in [9.17, 15) is 4.79 Å². The van der Waals surface area contributed by atoms with E-state index in [0.717, 1.165) is 58.8 Å². The van der Waals surface area contributed by atoms with Crippen molar-refractivity contribution in [3.05, 3.63) is 0 Å². The second kappa shape index (κ2) is 9.85. The molecule has 0 bridgehead atoms. The number of amides is 1. The van der Waals surface area contributed by atoms with Gasteiger partial charge in [-0.25, -0.2) is 0 Å². The zero-order chi connectivity index (χ0) is 13.7. The molecule has 0 aromatic heterocycles. The molecule has 0 radical (unpaired) electrons. The quantitative estimate of drug-likeness (QED) is 0.802. The Bertz CT molecular complexity index is 307. The fourth-order valence-corrected chi connectivity index (χ4v) is 2.86. The van der Waals surface area contributed by atoms with E-state index in [-0.39, 0.29) is 42.2 Å². The topological polar surface area (TPSA) is 53.6 Å². The van der Waals surface area contributed by atoms with Crippen LogP contribution in [0.15, 0.2) is 0 Å². The minimum Gasteiger partial charge on any atom is -0.379 e. The van der Waals surface area contributed by atoms with E-state index in [0.29, 0.717) is 0 Å². The third-order valence-electron chi connectivity index (χ3n) is 4.16. The summed E-state index contributed by atoms with van der Waals surface area (Å²) in [5.41, 5.74) is -0.239. The fraction of sp³-hybridized carbons (Fsp3) is 0.929. The lowest BCUT2D eigenvalue weighted by Gasteiger charge is -2.35. The number of carbonyl (C=O) groups excluding carboxylic acids is 1. The lowest BCUT2D eigenvalue weighted by molar-refractivity contribution is -0.131. The van der Waals surface area contributed by atoms with Crippen LogP contribution in [-0.4, -0.2) is 62.8 Å². The first kappa shape index (κ1) is 20.9. The maximum absolute atomic E-state index is 12.4. The summed E-state index contributed by atoms with van der Waals surface area (Å²) in [4.78, 5) is 14.7. The summed E-state index contributed by atoms with van der Waals surface area (Å²) < 4.78 is 5.34. The van der Waals surface area contributed by atoms with Crippen LogP contribution in [0.3, 0.4) is 0 Å². The van der Waals surface area contributed by atoms with Crippen molar-refractivity contribution in [1.82, 2.24) is 15.5 Å². The SMILES string of the molecule is CC(CN1CCOCC1)NC(=O)C1(C)CCCNC1.Cl.Cl. The first-order valence-electron chi connectivity index (χ1n) is 7.42. The first-order valence-corrected chi connectivity index (χ1v) is 7.42. The Morgan fingerprint density at radius 3 is 2.62 bits per heavy atom. The molecule has 0 saturated carbocycles. The molecule has 126 valence electrons. The van der Waals surface area contributed by atoms with Crippen LogP contribution in [0.1, 0.15) is 26.7 Å². The zero-order valence-corrected chi connectivity index (χ0v) is 14.7. The van der Waals surface area contributed by atoms with Crippen LogP contribution >= 0.6 is 24.8 Å². The second-order valence-electron chi connectivity index (χ2n) is 6.13. The summed E-state index contributed by atoms with van der Waals surface area (Å²) in [5, 5.41) is 6.50. The van der Waals surface area contributed by atoms with Crippen molar-refractivity contribution in [1.29, 1.82) is 0 Å². The van der Waals surface area contributed by atoms with Crippen molar-refractivity contribution < 1.29 is 9.53 Å². The molecule has 0 aliphatic carbocycles. The Kier molecular flexibility index (Phi) is 9.81. The number of rotatable bonds is 4. The third kappa shape index (κ3) is 6.28. The van der Waals surface area contributed by atoms with E-state index < -0.39 is 0 Å². The highest BCUT2D eigenvalue weighted by Crippen LogP contribution is 2.25. The highest BCUT2D eigenvalue weighted by molar-refractivity contribution is 5.85. The molecule has 5 nitrogen and oxygen atoms in total. The van der Waals surface area contributed by atoms with Gasteiger partial charge in [0.15, 0.2) is 0 Å². The molecule has 2 atom stereocenters. The van der Waals surface area contributed by atoms with E-state index in [1.165, 1.54) is 0 Å². The predicted molar refractivity (Wildman–Crippen MR) is 89.6 cm³/mol. The molecule has 21 heavy (non-hydrogen) atoms. The number of halogens is 2. The summed E-state index contributed by atoms with van der Waals surface area (Å²) in [5.74, 6) is 0.195. The molecule has 2 aliphatic rings. The van der Waals surface area contributed by atoms with Crippen LogP contribution in [0.25, 0.3) is 0 Å². The lowest BCUT2D eigenvalue weighted by Crippen LogP contribution is -2.53. The molecule has 2 heterocycles. The third-order valence-corrected chi connectivity index (χ3v) is 4.16. The molecule has 0 aromatic rings. The molecule has 2 saturated heterocycles. The minimum atomic E-state index is -0.239. The van der Waals surface area contributed by atoms with Crippen molar-refractivity contribution >= 4 is 30.7 Å². The second-order valence-corrected chi connectivity index (χ2v) is 6.13. The molecular formula is C14H29Cl2N3O2. The molecule has 1 amide bonds. The molecule has 2 N–H and O–H groups in total. The van der Waals surface area contributed by atoms with Gasteiger partial charge in [-0.15, -0.1) is 24.8 Å². The van der Waals surface area contributed by atoms with Crippen LogP contribution < -0.4 is 10.6 Å². The number of hydrogen-bond acceptors (Lipinski definition) is 4. The number of ether oxygens (including phenoxy) is 1. The van der Waals surface area contributed by atoms with Gasteiger partial charge < -0.3 is 15.4 Å². The Hall–Kier alpha value is -0.0700. The normalized spacial score (nSPS) is 27.9. The summed E-state index contributed by atoms with van der Waals surface area (Å²) in [6, 6.07) is 0.198. The lowest BCUT2D eigenvalue weighted by atomic mass is 9.82. The molecule has 0 spiro atoms. The number of morpholine rings is 1. The van der Waals surface area contributed by atoms with Gasteiger partial charge in [0, 0.05) is 32.2 Å². The van der Waals surface area contributed by atoms with E-state index in [1.807, 2.05) is 0 Å². The van der Waals surface area contributed by atoms with Gasteiger partial charge >= 0.3 is 0 Å². The summed E-state index contributed by atoms with van der Waals surface area (Å²) in [6.07, 6.45) is 2.07. The Morgan fingerprint density at radius 2 is 2.05 bits per heavy atom. The number of piperidine rings is 1. The van der Waals surface area contributed by atoms with Crippen molar-refractivity contribution in [2.75, 3.05) is 45.9 Å². The van der Waals surface area contributed by atoms with Gasteiger partial charge in [0.1, 0.15) is 0 Å². The van der Waals surface area contributed by atoms with Gasteiger partial charge in [0.05, 0.1) is 18.6 Å². The molecule has 2 rings (SSSR count). The largest absolute Gasteiger partial charge is 0.379 e. The molecular weight excluding hydrogens is 313 g/mol. The number of nitrogens with zero attached hydrogens (tertiary/aromatic N) is 1. The highest BCUT2D eigenvalue weighted by atomic mass is 35.5. The maximum Gasteiger partial charge on any atom is 0.227 e. The smallest absolute Gasteiger partial charge is 0.227 e. The Morgan fingerprint density at radius 1 is 1.38 bits per heavy atom. The average molecular weight is 342 g/mol. The maximum atomic E-state index is 12.4. The van der Waals surface area contributed by atoms with Crippen molar-refractivity contribution in [2.45, 2.75) is 32.7 Å². The van der Waals surface area contributed by atoms with E-state index in [4.69, 9.17) is 4.74 Å².